The first-order valence-electron chi connectivity index (χ1n) is 4.93. The van der Waals surface area contributed by atoms with Crippen LogP contribution in [0.1, 0.15) is 18.4 Å². The molecule has 1 fully saturated rings. The lowest BCUT2D eigenvalue weighted by Crippen LogP contribution is -2.09. The Kier molecular flexibility index (Phi) is 2.65. The maximum absolute atomic E-state index is 12.4. The van der Waals surface area contributed by atoms with Gasteiger partial charge in [-0.25, -0.2) is 0 Å². The molecule has 16 heavy (non-hydrogen) atoms. The number of hydrogen-bond acceptors (Lipinski definition) is 3. The van der Waals surface area contributed by atoms with Crippen LogP contribution < -0.4 is 10.5 Å². The van der Waals surface area contributed by atoms with Crippen molar-refractivity contribution >= 4 is 5.82 Å². The summed E-state index contributed by atoms with van der Waals surface area (Å²) in [6.45, 7) is 0.410. The van der Waals surface area contributed by atoms with E-state index in [1.165, 1.54) is 0 Å². The number of aromatic nitrogens is 1. The Morgan fingerprint density at radius 2 is 2.06 bits per heavy atom. The fourth-order valence-electron chi connectivity index (χ4n) is 1.25. The van der Waals surface area contributed by atoms with E-state index in [1.807, 2.05) is 0 Å². The zero-order valence-electron chi connectivity index (χ0n) is 8.42. The third-order valence-electron chi connectivity index (χ3n) is 2.31. The van der Waals surface area contributed by atoms with E-state index >= 15 is 0 Å². The van der Waals surface area contributed by atoms with Gasteiger partial charge in [-0.3, -0.25) is 0 Å². The highest BCUT2D eigenvalue weighted by Gasteiger charge is 2.32. The summed E-state index contributed by atoms with van der Waals surface area (Å²) in [5.41, 5.74) is 4.46. The Bertz CT molecular complexity index is 388. The third kappa shape index (κ3) is 2.77. The molecule has 0 unspecified atom stereocenters. The predicted octanol–water partition coefficient (Wildman–Crippen LogP) is 2.47. The van der Waals surface area contributed by atoms with E-state index in [9.17, 15) is 13.2 Å². The lowest BCUT2D eigenvalue weighted by Gasteiger charge is -2.10. The molecule has 0 radical (unpaired) electrons. The number of hydrogen-bond donors (Lipinski definition) is 1. The summed E-state index contributed by atoms with van der Waals surface area (Å²) >= 11 is 0. The van der Waals surface area contributed by atoms with Gasteiger partial charge in [0.05, 0.1) is 12.2 Å². The average Bonchev–Trinajstić information content (AvgIpc) is 2.96. The standard InChI is InChI=1S/C10H11F3N2O/c11-10(12,13)7-3-8(14)15-9(4-7)16-5-6-1-2-6/h3-4,6H,1-2,5H2,(H2,14,15). The number of nitrogen functional groups attached to an aromatic ring is 1. The van der Waals surface area contributed by atoms with Crippen LogP contribution in [0.4, 0.5) is 19.0 Å². The molecule has 2 N–H and O–H groups in total. The number of ether oxygens (including phenoxy) is 1. The van der Waals surface area contributed by atoms with Crippen molar-refractivity contribution in [3.63, 3.8) is 0 Å². The Hall–Kier alpha value is -1.46. The van der Waals surface area contributed by atoms with E-state index in [0.717, 1.165) is 25.0 Å². The number of rotatable bonds is 3. The third-order valence-corrected chi connectivity index (χ3v) is 2.31. The van der Waals surface area contributed by atoms with Crippen LogP contribution in [0, 0.1) is 5.92 Å². The lowest BCUT2D eigenvalue weighted by molar-refractivity contribution is -0.137. The van der Waals surface area contributed by atoms with Gasteiger partial charge in [0.15, 0.2) is 0 Å². The molecule has 1 saturated carbocycles. The molecule has 1 aliphatic rings. The van der Waals surface area contributed by atoms with E-state index < -0.39 is 11.7 Å². The number of nitrogens with two attached hydrogens (primary N) is 1. The van der Waals surface area contributed by atoms with Gasteiger partial charge in [0.2, 0.25) is 5.88 Å². The number of nitrogens with zero attached hydrogens (tertiary/aromatic N) is 1. The van der Waals surface area contributed by atoms with Crippen molar-refractivity contribution in [3.05, 3.63) is 17.7 Å². The fourth-order valence-corrected chi connectivity index (χ4v) is 1.25. The molecule has 0 saturated heterocycles. The molecule has 6 heteroatoms. The molecule has 0 atom stereocenters. The smallest absolute Gasteiger partial charge is 0.416 e. The number of anilines is 1. The van der Waals surface area contributed by atoms with E-state index in [4.69, 9.17) is 10.5 Å². The molecule has 0 bridgehead atoms. The fraction of sp³-hybridized carbons (Fsp3) is 0.500. The first-order chi connectivity index (χ1) is 7.45. The SMILES string of the molecule is Nc1cc(C(F)(F)F)cc(OCC2CC2)n1. The highest BCUT2D eigenvalue weighted by Crippen LogP contribution is 2.33. The lowest BCUT2D eigenvalue weighted by atomic mass is 10.2. The first kappa shape index (κ1) is 11.0. The van der Waals surface area contributed by atoms with Gasteiger partial charge in [0, 0.05) is 6.07 Å². The summed E-state index contributed by atoms with van der Waals surface area (Å²) < 4.78 is 42.4. The van der Waals surface area contributed by atoms with Crippen LogP contribution in [0.5, 0.6) is 5.88 Å². The number of alkyl halides is 3. The van der Waals surface area contributed by atoms with Crippen molar-refractivity contribution in [1.29, 1.82) is 0 Å². The number of halogens is 3. The van der Waals surface area contributed by atoms with Crippen LogP contribution in [0.3, 0.4) is 0 Å². The summed E-state index contributed by atoms with van der Waals surface area (Å²) in [6.07, 6.45) is -2.29. The monoisotopic (exact) mass is 232 g/mol. The maximum atomic E-state index is 12.4. The molecule has 88 valence electrons. The normalized spacial score (nSPS) is 16.2. The zero-order chi connectivity index (χ0) is 11.8. The van der Waals surface area contributed by atoms with Crippen molar-refractivity contribution in [2.24, 2.45) is 5.92 Å². The minimum Gasteiger partial charge on any atom is -0.477 e. The summed E-state index contributed by atoms with van der Waals surface area (Å²) in [5.74, 6) is 0.220. The summed E-state index contributed by atoms with van der Waals surface area (Å²) in [4.78, 5) is 3.70. The van der Waals surface area contributed by atoms with Crippen LogP contribution in [0.25, 0.3) is 0 Å². The molecule has 1 heterocycles. The second kappa shape index (κ2) is 3.84. The van der Waals surface area contributed by atoms with Gasteiger partial charge in [0.1, 0.15) is 5.82 Å². The van der Waals surface area contributed by atoms with Crippen molar-refractivity contribution in [2.75, 3.05) is 12.3 Å². The molecular weight excluding hydrogens is 221 g/mol. The molecule has 0 spiro atoms. The van der Waals surface area contributed by atoms with Crippen molar-refractivity contribution in [3.8, 4) is 5.88 Å². The van der Waals surface area contributed by atoms with Crippen LogP contribution >= 0.6 is 0 Å². The maximum Gasteiger partial charge on any atom is 0.416 e. The second-order valence-corrected chi connectivity index (χ2v) is 3.87. The summed E-state index contributed by atoms with van der Waals surface area (Å²) in [5, 5.41) is 0. The van der Waals surface area contributed by atoms with Gasteiger partial charge in [-0.15, -0.1) is 0 Å². The summed E-state index contributed by atoms with van der Waals surface area (Å²) in [7, 11) is 0. The molecule has 3 nitrogen and oxygen atoms in total. The summed E-state index contributed by atoms with van der Waals surface area (Å²) in [6, 6.07) is 1.67. The molecular formula is C10H11F3N2O. The van der Waals surface area contributed by atoms with E-state index in [0.29, 0.717) is 12.5 Å². The largest absolute Gasteiger partial charge is 0.477 e. The molecule has 0 aliphatic heterocycles. The van der Waals surface area contributed by atoms with Crippen LogP contribution in [0.2, 0.25) is 0 Å². The first-order valence-corrected chi connectivity index (χ1v) is 4.93. The van der Waals surface area contributed by atoms with Crippen LogP contribution in [-0.2, 0) is 6.18 Å². The van der Waals surface area contributed by atoms with Gasteiger partial charge in [-0.1, -0.05) is 0 Å². The Labute approximate surface area is 90.4 Å². The van der Waals surface area contributed by atoms with E-state index in [2.05, 4.69) is 4.98 Å². The minimum absolute atomic E-state index is 0.0563. The van der Waals surface area contributed by atoms with E-state index in [-0.39, 0.29) is 11.7 Å². The van der Waals surface area contributed by atoms with Gasteiger partial charge in [0.25, 0.3) is 0 Å². The quantitative estimate of drug-likeness (QED) is 0.870. The molecule has 1 aromatic rings. The molecule has 0 amide bonds. The molecule has 0 aromatic carbocycles. The highest BCUT2D eigenvalue weighted by atomic mass is 19.4. The van der Waals surface area contributed by atoms with E-state index in [1.54, 1.807) is 0 Å². The highest BCUT2D eigenvalue weighted by molar-refractivity contribution is 5.38. The van der Waals surface area contributed by atoms with Crippen molar-refractivity contribution in [1.82, 2.24) is 4.98 Å². The van der Waals surface area contributed by atoms with Gasteiger partial charge in [-0.2, -0.15) is 18.2 Å². The Morgan fingerprint density at radius 3 is 2.62 bits per heavy atom. The zero-order valence-corrected chi connectivity index (χ0v) is 8.42. The molecule has 2 rings (SSSR count). The second-order valence-electron chi connectivity index (χ2n) is 3.87. The Balaban J connectivity index is 2.14. The average molecular weight is 232 g/mol. The van der Waals surface area contributed by atoms with Crippen molar-refractivity contribution < 1.29 is 17.9 Å². The predicted molar refractivity (Wildman–Crippen MR) is 51.9 cm³/mol. The van der Waals surface area contributed by atoms with Gasteiger partial charge in [-0.05, 0) is 24.8 Å². The van der Waals surface area contributed by atoms with Crippen LogP contribution in [0.15, 0.2) is 12.1 Å². The minimum atomic E-state index is -4.42. The van der Waals surface area contributed by atoms with Gasteiger partial charge < -0.3 is 10.5 Å². The van der Waals surface area contributed by atoms with Gasteiger partial charge >= 0.3 is 6.18 Å². The molecule has 1 aromatic heterocycles. The Morgan fingerprint density at radius 1 is 1.38 bits per heavy atom. The van der Waals surface area contributed by atoms with Crippen molar-refractivity contribution in [2.45, 2.75) is 19.0 Å². The molecule has 1 aliphatic carbocycles. The number of pyridine rings is 1. The van der Waals surface area contributed by atoms with Crippen LogP contribution in [-0.4, -0.2) is 11.6 Å². The topological polar surface area (TPSA) is 48.1 Å².